The van der Waals surface area contributed by atoms with Gasteiger partial charge < -0.3 is 9.47 Å². The molecule has 0 saturated carbocycles. The molecule has 0 bridgehead atoms. The number of epoxide rings is 2. The Labute approximate surface area is 67.9 Å². The second-order valence-electron chi connectivity index (χ2n) is 4.29. The van der Waals surface area contributed by atoms with E-state index in [-0.39, 0.29) is 5.79 Å². The summed E-state index contributed by atoms with van der Waals surface area (Å²) in [4.78, 5) is 0. The Hall–Kier alpha value is -0.0800. The van der Waals surface area contributed by atoms with Gasteiger partial charge in [0, 0.05) is 0 Å². The third kappa shape index (κ3) is 0.926. The van der Waals surface area contributed by atoms with Crippen LogP contribution in [0.5, 0.6) is 0 Å². The smallest absolute Gasteiger partial charge is 0.223 e. The van der Waals surface area contributed by atoms with Gasteiger partial charge in [0.15, 0.2) is 0 Å². The first-order valence-electron chi connectivity index (χ1n) is 4.43. The van der Waals surface area contributed by atoms with Crippen LogP contribution in [-0.2, 0) is 9.47 Å². The predicted octanol–water partition coefficient (Wildman–Crippen LogP) is 1.79. The average molecular weight is 156 g/mol. The SMILES string of the molecule is CC(C)[C@H]1OC12O[C@@H]2C(C)C. The molecular formula is C9H16O2. The molecule has 2 nitrogen and oxygen atoms in total. The summed E-state index contributed by atoms with van der Waals surface area (Å²) in [7, 11) is 0. The second-order valence-corrected chi connectivity index (χ2v) is 4.29. The van der Waals surface area contributed by atoms with E-state index in [0.29, 0.717) is 24.0 Å². The summed E-state index contributed by atoms with van der Waals surface area (Å²) in [6.07, 6.45) is 0.741. The van der Waals surface area contributed by atoms with Crippen LogP contribution in [0.1, 0.15) is 27.7 Å². The first kappa shape index (κ1) is 7.56. The third-order valence-corrected chi connectivity index (χ3v) is 2.51. The van der Waals surface area contributed by atoms with Crippen LogP contribution < -0.4 is 0 Å². The topological polar surface area (TPSA) is 25.1 Å². The fraction of sp³-hybridized carbons (Fsp3) is 1.00. The van der Waals surface area contributed by atoms with Crippen molar-refractivity contribution in [3.8, 4) is 0 Å². The minimum Gasteiger partial charge on any atom is -0.336 e. The maximum Gasteiger partial charge on any atom is 0.223 e. The largest absolute Gasteiger partial charge is 0.336 e. The molecule has 2 rings (SSSR count). The molecule has 1 spiro atoms. The van der Waals surface area contributed by atoms with Crippen molar-refractivity contribution in [2.24, 2.45) is 11.8 Å². The molecule has 64 valence electrons. The molecule has 2 heterocycles. The molecule has 0 aliphatic carbocycles. The van der Waals surface area contributed by atoms with Crippen LogP contribution in [0.3, 0.4) is 0 Å². The minimum atomic E-state index is -0.123. The summed E-state index contributed by atoms with van der Waals surface area (Å²) in [6, 6.07) is 0. The predicted molar refractivity (Wildman–Crippen MR) is 42.2 cm³/mol. The second kappa shape index (κ2) is 1.99. The zero-order valence-electron chi connectivity index (χ0n) is 7.63. The van der Waals surface area contributed by atoms with Gasteiger partial charge in [-0.3, -0.25) is 0 Å². The van der Waals surface area contributed by atoms with Crippen LogP contribution >= 0.6 is 0 Å². The van der Waals surface area contributed by atoms with Gasteiger partial charge in [-0.1, -0.05) is 27.7 Å². The van der Waals surface area contributed by atoms with Crippen LogP contribution in [0.15, 0.2) is 0 Å². The fourth-order valence-corrected chi connectivity index (χ4v) is 1.85. The lowest BCUT2D eigenvalue weighted by molar-refractivity contribution is 0.241. The number of hydrogen-bond donors (Lipinski definition) is 0. The summed E-state index contributed by atoms with van der Waals surface area (Å²) in [5.41, 5.74) is 0. The van der Waals surface area contributed by atoms with E-state index in [9.17, 15) is 0 Å². The summed E-state index contributed by atoms with van der Waals surface area (Å²) in [6.45, 7) is 8.72. The van der Waals surface area contributed by atoms with Gasteiger partial charge in [0.05, 0.1) is 0 Å². The zero-order valence-corrected chi connectivity index (χ0v) is 7.63. The summed E-state index contributed by atoms with van der Waals surface area (Å²) in [5, 5.41) is 0. The number of ether oxygens (including phenoxy) is 2. The summed E-state index contributed by atoms with van der Waals surface area (Å²) in [5.74, 6) is 1.07. The van der Waals surface area contributed by atoms with Crippen LogP contribution in [0.2, 0.25) is 0 Å². The normalized spacial score (nSPS) is 38.7. The Morgan fingerprint density at radius 1 is 0.909 bits per heavy atom. The number of hydrogen-bond acceptors (Lipinski definition) is 2. The van der Waals surface area contributed by atoms with E-state index >= 15 is 0 Å². The van der Waals surface area contributed by atoms with E-state index in [0.717, 1.165) is 0 Å². The third-order valence-electron chi connectivity index (χ3n) is 2.51. The van der Waals surface area contributed by atoms with Crippen molar-refractivity contribution in [3.05, 3.63) is 0 Å². The highest BCUT2D eigenvalue weighted by atomic mass is 16.9. The van der Waals surface area contributed by atoms with Crippen molar-refractivity contribution in [1.82, 2.24) is 0 Å². The lowest BCUT2D eigenvalue weighted by Crippen LogP contribution is -2.10. The summed E-state index contributed by atoms with van der Waals surface area (Å²) < 4.78 is 11.1. The van der Waals surface area contributed by atoms with E-state index in [1.807, 2.05) is 0 Å². The molecule has 0 radical (unpaired) electrons. The standard InChI is InChI=1S/C9H16O2/c1-5(2)7-9(10-7)8(11-9)6(3)4/h5-8H,1-4H3/t7-,8-,9?/m1/s1. The highest BCUT2D eigenvalue weighted by Crippen LogP contribution is 2.59. The first-order valence-corrected chi connectivity index (χ1v) is 4.43. The molecule has 2 aliphatic heterocycles. The Bertz CT molecular complexity index is 154. The quantitative estimate of drug-likeness (QED) is 0.569. The molecule has 0 aromatic carbocycles. The lowest BCUT2D eigenvalue weighted by atomic mass is 10.0. The number of rotatable bonds is 2. The van der Waals surface area contributed by atoms with Crippen LogP contribution in [-0.4, -0.2) is 18.0 Å². The zero-order chi connectivity index (χ0) is 8.22. The van der Waals surface area contributed by atoms with E-state index in [1.165, 1.54) is 0 Å². The molecule has 2 heteroatoms. The van der Waals surface area contributed by atoms with Crippen molar-refractivity contribution >= 4 is 0 Å². The van der Waals surface area contributed by atoms with Crippen molar-refractivity contribution in [3.63, 3.8) is 0 Å². The van der Waals surface area contributed by atoms with Gasteiger partial charge in [-0.05, 0) is 11.8 Å². The Kier molecular flexibility index (Phi) is 1.37. The van der Waals surface area contributed by atoms with Gasteiger partial charge in [-0.15, -0.1) is 0 Å². The van der Waals surface area contributed by atoms with Crippen molar-refractivity contribution in [2.45, 2.75) is 45.7 Å². The molecule has 2 fully saturated rings. The van der Waals surface area contributed by atoms with E-state index < -0.39 is 0 Å². The minimum absolute atomic E-state index is 0.123. The van der Waals surface area contributed by atoms with Gasteiger partial charge in [0.25, 0.3) is 0 Å². The Balaban J connectivity index is 1.92. The Morgan fingerprint density at radius 2 is 1.27 bits per heavy atom. The van der Waals surface area contributed by atoms with Crippen molar-refractivity contribution < 1.29 is 9.47 Å². The highest BCUT2D eigenvalue weighted by molar-refractivity contribution is 5.13. The van der Waals surface area contributed by atoms with Gasteiger partial charge in [-0.25, -0.2) is 0 Å². The maximum absolute atomic E-state index is 5.53. The molecule has 2 saturated heterocycles. The van der Waals surface area contributed by atoms with Crippen LogP contribution in [0.25, 0.3) is 0 Å². The first-order chi connectivity index (χ1) is 5.08. The van der Waals surface area contributed by atoms with Crippen molar-refractivity contribution in [2.75, 3.05) is 0 Å². The van der Waals surface area contributed by atoms with E-state index in [4.69, 9.17) is 9.47 Å². The monoisotopic (exact) mass is 156 g/mol. The van der Waals surface area contributed by atoms with Crippen LogP contribution in [0.4, 0.5) is 0 Å². The van der Waals surface area contributed by atoms with Gasteiger partial charge >= 0.3 is 0 Å². The Morgan fingerprint density at radius 3 is 1.45 bits per heavy atom. The van der Waals surface area contributed by atoms with Crippen molar-refractivity contribution in [1.29, 1.82) is 0 Å². The molecule has 0 N–H and O–H groups in total. The molecule has 2 aliphatic rings. The van der Waals surface area contributed by atoms with E-state index in [1.54, 1.807) is 0 Å². The molecular weight excluding hydrogens is 140 g/mol. The molecule has 0 aromatic rings. The van der Waals surface area contributed by atoms with Crippen LogP contribution in [0, 0.1) is 11.8 Å². The summed E-state index contributed by atoms with van der Waals surface area (Å²) >= 11 is 0. The average Bonchev–Trinajstić information content (AvgIpc) is 2.72. The maximum atomic E-state index is 5.53. The molecule has 0 aromatic heterocycles. The van der Waals surface area contributed by atoms with E-state index in [2.05, 4.69) is 27.7 Å². The molecule has 2 atom stereocenters. The van der Waals surface area contributed by atoms with Gasteiger partial charge in [0.2, 0.25) is 5.79 Å². The fourth-order valence-electron chi connectivity index (χ4n) is 1.85. The lowest BCUT2D eigenvalue weighted by Gasteiger charge is -1.95. The molecule has 0 amide bonds. The molecule has 0 unspecified atom stereocenters. The molecule has 11 heavy (non-hydrogen) atoms. The highest BCUT2D eigenvalue weighted by Gasteiger charge is 2.77. The van der Waals surface area contributed by atoms with Gasteiger partial charge in [0.1, 0.15) is 12.2 Å². The van der Waals surface area contributed by atoms with Gasteiger partial charge in [-0.2, -0.15) is 0 Å².